The van der Waals surface area contributed by atoms with Gasteiger partial charge in [-0.2, -0.15) is 36.3 Å². The molecule has 1 aromatic carbocycles. The summed E-state index contributed by atoms with van der Waals surface area (Å²) in [5, 5.41) is 2.17. The van der Waals surface area contributed by atoms with Gasteiger partial charge in [0.2, 0.25) is 17.7 Å². The number of hydrogen-bond donors (Lipinski definition) is 1. The van der Waals surface area contributed by atoms with Crippen LogP contribution < -0.4 is 19.7 Å². The van der Waals surface area contributed by atoms with E-state index in [1.54, 1.807) is 24.3 Å². The number of benzene rings is 1. The molecule has 0 atom stereocenters. The number of hydrogen-bond acceptors (Lipinski definition) is 6. The average molecular weight is 533 g/mol. The first-order chi connectivity index (χ1) is 14.9. The van der Waals surface area contributed by atoms with Crippen LogP contribution >= 0.6 is 15.9 Å². The van der Waals surface area contributed by atoms with Crippen LogP contribution in [0.3, 0.4) is 0 Å². The summed E-state index contributed by atoms with van der Waals surface area (Å²) >= 11 is 3.24. The third kappa shape index (κ3) is 8.74. The van der Waals surface area contributed by atoms with Crippen molar-refractivity contribution in [3.8, 4) is 11.8 Å². The molecule has 0 radical (unpaired) electrons. The highest BCUT2D eigenvalue weighted by Gasteiger charge is 2.30. The van der Waals surface area contributed by atoms with E-state index in [0.717, 1.165) is 9.37 Å². The number of aromatic nitrogens is 2. The molecule has 32 heavy (non-hydrogen) atoms. The molecule has 0 fully saturated rings. The van der Waals surface area contributed by atoms with Crippen LogP contribution in [0, 0.1) is 0 Å². The SMILES string of the molecule is COCN(C(=O)Nc1nc(OCC(F)(F)F)cc(OCC(F)(F)F)n1)c1ccc(Br)cc1. The maximum absolute atomic E-state index is 12.6. The standard InChI is InChI=1S/C17H15BrF6N4O4/c1-30-9-28(11-4-2-10(18)3-5-11)15(29)27-14-25-12(31-7-16(19,20)21)6-13(26-14)32-8-17(22,23)24/h2-6H,7-9H2,1H3,(H,25,26,27,29). The number of ether oxygens (including phenoxy) is 3. The van der Waals surface area contributed by atoms with E-state index in [4.69, 9.17) is 4.74 Å². The van der Waals surface area contributed by atoms with E-state index in [9.17, 15) is 31.1 Å². The Labute approximate surface area is 185 Å². The third-order valence-electron chi connectivity index (χ3n) is 3.31. The van der Waals surface area contributed by atoms with Gasteiger partial charge < -0.3 is 14.2 Å². The number of anilines is 2. The van der Waals surface area contributed by atoms with Gasteiger partial charge in [0.15, 0.2) is 13.2 Å². The predicted molar refractivity (Wildman–Crippen MR) is 103 cm³/mol. The summed E-state index contributed by atoms with van der Waals surface area (Å²) in [5.41, 5.74) is 0.366. The van der Waals surface area contributed by atoms with Crippen molar-refractivity contribution in [2.45, 2.75) is 12.4 Å². The number of methoxy groups -OCH3 is 1. The molecule has 1 N–H and O–H groups in total. The lowest BCUT2D eigenvalue weighted by Gasteiger charge is -2.22. The summed E-state index contributed by atoms with van der Waals surface area (Å²) in [7, 11) is 1.31. The van der Waals surface area contributed by atoms with Crippen molar-refractivity contribution < 1.29 is 45.3 Å². The summed E-state index contributed by atoms with van der Waals surface area (Å²) in [4.78, 5) is 20.9. The van der Waals surface area contributed by atoms with Crippen molar-refractivity contribution >= 4 is 33.6 Å². The van der Waals surface area contributed by atoms with Crippen LogP contribution in [0.25, 0.3) is 0 Å². The fourth-order valence-corrected chi connectivity index (χ4v) is 2.35. The van der Waals surface area contributed by atoms with Crippen LogP contribution in [-0.4, -0.2) is 55.4 Å². The van der Waals surface area contributed by atoms with E-state index >= 15 is 0 Å². The van der Waals surface area contributed by atoms with Crippen LogP contribution in [0.15, 0.2) is 34.8 Å². The Balaban J connectivity index is 2.27. The Kier molecular flexibility index (Phi) is 8.49. The third-order valence-corrected chi connectivity index (χ3v) is 3.84. The highest BCUT2D eigenvalue weighted by atomic mass is 79.9. The van der Waals surface area contributed by atoms with E-state index < -0.39 is 49.3 Å². The normalized spacial score (nSPS) is 11.8. The largest absolute Gasteiger partial charge is 0.468 e. The molecule has 176 valence electrons. The lowest BCUT2D eigenvalue weighted by molar-refractivity contribution is -0.154. The van der Waals surface area contributed by atoms with Crippen molar-refractivity contribution in [3.63, 3.8) is 0 Å². The number of amides is 2. The van der Waals surface area contributed by atoms with Gasteiger partial charge in [0.25, 0.3) is 0 Å². The monoisotopic (exact) mass is 532 g/mol. The fourth-order valence-electron chi connectivity index (χ4n) is 2.08. The molecule has 0 spiro atoms. The minimum Gasteiger partial charge on any atom is -0.468 e. The van der Waals surface area contributed by atoms with Crippen molar-refractivity contribution in [3.05, 3.63) is 34.8 Å². The molecule has 2 rings (SSSR count). The first-order valence-corrected chi connectivity index (χ1v) is 9.27. The number of urea groups is 1. The zero-order chi connectivity index (χ0) is 23.9. The molecule has 0 bridgehead atoms. The Morgan fingerprint density at radius 1 is 1.00 bits per heavy atom. The Morgan fingerprint density at radius 3 is 1.94 bits per heavy atom. The molecule has 0 aliphatic rings. The Morgan fingerprint density at radius 2 is 1.50 bits per heavy atom. The van der Waals surface area contributed by atoms with Crippen molar-refractivity contribution in [2.24, 2.45) is 0 Å². The molecule has 1 heterocycles. The van der Waals surface area contributed by atoms with Gasteiger partial charge in [0.05, 0.1) is 6.07 Å². The lowest BCUT2D eigenvalue weighted by Crippen LogP contribution is -2.37. The molecule has 0 unspecified atom stereocenters. The lowest BCUT2D eigenvalue weighted by atomic mass is 10.3. The molecular weight excluding hydrogens is 518 g/mol. The van der Waals surface area contributed by atoms with Crippen LogP contribution in [0.5, 0.6) is 11.8 Å². The van der Waals surface area contributed by atoms with Crippen LogP contribution in [0.2, 0.25) is 0 Å². The Bertz CT molecular complexity index is 875. The highest BCUT2D eigenvalue weighted by molar-refractivity contribution is 9.10. The topological polar surface area (TPSA) is 85.8 Å². The maximum Gasteiger partial charge on any atom is 0.422 e. The smallest absolute Gasteiger partial charge is 0.422 e. The predicted octanol–water partition coefficient (Wildman–Crippen LogP) is 4.76. The molecular formula is C17H15BrF6N4O4. The van der Waals surface area contributed by atoms with E-state index in [2.05, 4.69) is 40.7 Å². The second-order valence-corrected chi connectivity index (χ2v) is 6.84. The van der Waals surface area contributed by atoms with E-state index in [1.165, 1.54) is 7.11 Å². The minimum atomic E-state index is -4.74. The number of carbonyl (C=O) groups is 1. The molecule has 8 nitrogen and oxygen atoms in total. The summed E-state index contributed by atoms with van der Waals surface area (Å²) in [6, 6.07) is 6.14. The molecule has 0 saturated carbocycles. The van der Waals surface area contributed by atoms with E-state index in [1.807, 2.05) is 0 Å². The molecule has 0 aliphatic carbocycles. The van der Waals surface area contributed by atoms with Gasteiger partial charge in [-0.05, 0) is 24.3 Å². The van der Waals surface area contributed by atoms with Gasteiger partial charge in [-0.25, -0.2) is 4.79 Å². The zero-order valence-electron chi connectivity index (χ0n) is 16.1. The van der Waals surface area contributed by atoms with Crippen LogP contribution in [-0.2, 0) is 4.74 Å². The minimum absolute atomic E-state index is 0.241. The molecule has 15 heteroatoms. The van der Waals surface area contributed by atoms with Crippen LogP contribution in [0.4, 0.5) is 42.8 Å². The molecule has 2 amide bonds. The number of carbonyl (C=O) groups excluding carboxylic acids is 1. The fraction of sp³-hybridized carbons (Fsp3) is 0.353. The summed E-state index contributed by atoms with van der Waals surface area (Å²) in [6.07, 6.45) is -9.48. The van der Waals surface area contributed by atoms with Gasteiger partial charge >= 0.3 is 18.4 Å². The number of rotatable bonds is 8. The number of nitrogens with one attached hydrogen (secondary N) is 1. The van der Waals surface area contributed by atoms with E-state index in [0.29, 0.717) is 11.8 Å². The van der Waals surface area contributed by atoms with Gasteiger partial charge in [-0.15, -0.1) is 0 Å². The van der Waals surface area contributed by atoms with Gasteiger partial charge in [-0.1, -0.05) is 15.9 Å². The first-order valence-electron chi connectivity index (χ1n) is 8.47. The van der Waals surface area contributed by atoms with Crippen LogP contribution in [0.1, 0.15) is 0 Å². The van der Waals surface area contributed by atoms with Gasteiger partial charge in [0.1, 0.15) is 6.73 Å². The highest BCUT2D eigenvalue weighted by Crippen LogP contribution is 2.24. The summed E-state index contributed by atoms with van der Waals surface area (Å²) in [5.74, 6) is -2.16. The Hall–Kier alpha value is -2.81. The maximum atomic E-state index is 12.6. The average Bonchev–Trinajstić information content (AvgIpc) is 2.68. The van der Waals surface area contributed by atoms with Crippen molar-refractivity contribution in [2.75, 3.05) is 37.3 Å². The van der Waals surface area contributed by atoms with Gasteiger partial charge in [0, 0.05) is 17.3 Å². The molecule has 2 aromatic rings. The quantitative estimate of drug-likeness (QED) is 0.389. The zero-order valence-corrected chi connectivity index (χ0v) is 17.7. The molecule has 0 saturated heterocycles. The molecule has 0 aliphatic heterocycles. The number of alkyl halides is 6. The second-order valence-electron chi connectivity index (χ2n) is 5.93. The summed E-state index contributed by atoms with van der Waals surface area (Å²) in [6.45, 7) is -3.79. The second kappa shape index (κ2) is 10.7. The van der Waals surface area contributed by atoms with Crippen molar-refractivity contribution in [1.29, 1.82) is 0 Å². The number of halogens is 7. The van der Waals surface area contributed by atoms with E-state index in [-0.39, 0.29) is 6.73 Å². The summed E-state index contributed by atoms with van der Waals surface area (Å²) < 4.78 is 89.1. The van der Waals surface area contributed by atoms with Gasteiger partial charge in [-0.3, -0.25) is 10.2 Å². The van der Waals surface area contributed by atoms with Crippen molar-refractivity contribution in [1.82, 2.24) is 9.97 Å². The first kappa shape index (κ1) is 25.5. The number of nitrogens with zero attached hydrogens (tertiary/aromatic N) is 3. The molecule has 1 aromatic heterocycles.